The second-order valence-electron chi connectivity index (χ2n) is 3.84. The Balaban J connectivity index is 3.21. The van der Waals surface area contributed by atoms with E-state index >= 15 is 0 Å². The quantitative estimate of drug-likeness (QED) is 0.460. The highest BCUT2D eigenvalue weighted by atomic mass is 16.5. The average molecular weight is 171 g/mol. The Labute approximate surface area is 76.0 Å². The number of rotatable bonds is 5. The summed E-state index contributed by atoms with van der Waals surface area (Å²) in [6.45, 7) is 9.84. The third-order valence-corrected chi connectivity index (χ3v) is 1.30. The van der Waals surface area contributed by atoms with Gasteiger partial charge in [-0.05, 0) is 33.4 Å². The lowest BCUT2D eigenvalue weighted by Gasteiger charge is -2.18. The van der Waals surface area contributed by atoms with E-state index in [9.17, 15) is 0 Å². The van der Waals surface area contributed by atoms with Crippen molar-refractivity contribution >= 4 is 6.21 Å². The van der Waals surface area contributed by atoms with E-state index < -0.39 is 0 Å². The van der Waals surface area contributed by atoms with Crippen LogP contribution in [0, 0.1) is 0 Å². The molecule has 0 aromatic rings. The first-order chi connectivity index (χ1) is 5.56. The molecule has 0 atom stereocenters. The van der Waals surface area contributed by atoms with Crippen LogP contribution in [0.15, 0.2) is 4.99 Å². The highest BCUT2D eigenvalue weighted by molar-refractivity contribution is 5.56. The fourth-order valence-corrected chi connectivity index (χ4v) is 0.716. The predicted octanol–water partition coefficient (Wildman–Crippen LogP) is 2.67. The molecule has 0 N–H and O–H groups in total. The molecule has 0 rings (SSSR count). The topological polar surface area (TPSA) is 21.6 Å². The van der Waals surface area contributed by atoms with Crippen molar-refractivity contribution in [1.29, 1.82) is 0 Å². The number of hydrogen-bond donors (Lipinski definition) is 0. The minimum absolute atomic E-state index is 0.0275. The van der Waals surface area contributed by atoms with Gasteiger partial charge in [0.25, 0.3) is 0 Å². The van der Waals surface area contributed by atoms with E-state index in [1.807, 2.05) is 6.21 Å². The number of aliphatic imine (C=N–C) groups is 1. The molecule has 0 saturated carbocycles. The molecule has 2 heteroatoms. The number of hydrogen-bond acceptors (Lipinski definition) is 2. The zero-order chi connectivity index (χ0) is 9.45. The first kappa shape index (κ1) is 11.6. The van der Waals surface area contributed by atoms with Crippen molar-refractivity contribution in [2.45, 2.75) is 46.1 Å². The van der Waals surface area contributed by atoms with E-state index in [1.54, 1.807) is 0 Å². The van der Waals surface area contributed by atoms with Crippen LogP contribution in [0.2, 0.25) is 0 Å². The van der Waals surface area contributed by atoms with Crippen molar-refractivity contribution in [2.75, 3.05) is 13.2 Å². The Morgan fingerprint density at radius 1 is 1.33 bits per heavy atom. The molecule has 0 aliphatic rings. The molecule has 0 saturated heterocycles. The van der Waals surface area contributed by atoms with Crippen molar-refractivity contribution in [3.63, 3.8) is 0 Å². The second kappa shape index (κ2) is 6.18. The smallest absolute Gasteiger partial charge is 0.0668 e. The Bertz CT molecular complexity index is 124. The second-order valence-corrected chi connectivity index (χ2v) is 3.84. The van der Waals surface area contributed by atoms with Crippen LogP contribution in [0.25, 0.3) is 0 Å². The van der Waals surface area contributed by atoms with Crippen molar-refractivity contribution in [3.05, 3.63) is 0 Å². The summed E-state index contributed by atoms with van der Waals surface area (Å²) in [7, 11) is 0. The lowest BCUT2D eigenvalue weighted by atomic mass is 10.2. The maximum atomic E-state index is 5.50. The Morgan fingerprint density at radius 2 is 2.00 bits per heavy atom. The summed E-state index contributed by atoms with van der Waals surface area (Å²) in [5, 5.41) is 0. The zero-order valence-corrected chi connectivity index (χ0v) is 8.76. The first-order valence-electron chi connectivity index (χ1n) is 4.68. The third-order valence-electron chi connectivity index (χ3n) is 1.30. The summed E-state index contributed by atoms with van der Waals surface area (Å²) < 4.78 is 5.50. The maximum absolute atomic E-state index is 5.50. The zero-order valence-electron chi connectivity index (χ0n) is 8.76. The lowest BCUT2D eigenvalue weighted by molar-refractivity contribution is 0.00216. The summed E-state index contributed by atoms with van der Waals surface area (Å²) in [5.41, 5.74) is -0.0275. The van der Waals surface area contributed by atoms with Gasteiger partial charge >= 0.3 is 0 Å². The van der Waals surface area contributed by atoms with E-state index in [0.29, 0.717) is 0 Å². The molecule has 0 amide bonds. The minimum Gasteiger partial charge on any atom is -0.374 e. The molecule has 0 aliphatic heterocycles. The van der Waals surface area contributed by atoms with Gasteiger partial charge in [-0.1, -0.05) is 13.3 Å². The molecule has 0 aromatic heterocycles. The van der Waals surface area contributed by atoms with Crippen molar-refractivity contribution in [3.8, 4) is 0 Å². The average Bonchev–Trinajstić information content (AvgIpc) is 1.94. The normalized spacial score (nSPS) is 12.7. The van der Waals surface area contributed by atoms with Crippen LogP contribution in [-0.4, -0.2) is 25.0 Å². The van der Waals surface area contributed by atoms with Gasteiger partial charge in [0.05, 0.1) is 18.8 Å². The largest absolute Gasteiger partial charge is 0.374 e. The molecule has 0 heterocycles. The molecule has 0 radical (unpaired) electrons. The predicted molar refractivity (Wildman–Crippen MR) is 54.0 cm³/mol. The van der Waals surface area contributed by atoms with Gasteiger partial charge in [-0.2, -0.15) is 0 Å². The van der Waals surface area contributed by atoms with Gasteiger partial charge in [-0.15, -0.1) is 0 Å². The van der Waals surface area contributed by atoms with Crippen LogP contribution in [0.3, 0.4) is 0 Å². The van der Waals surface area contributed by atoms with Crippen LogP contribution in [0.5, 0.6) is 0 Å². The highest BCUT2D eigenvalue weighted by Crippen LogP contribution is 2.05. The molecule has 0 fully saturated rings. The Kier molecular flexibility index (Phi) is 5.99. The van der Waals surface area contributed by atoms with Gasteiger partial charge in [-0.3, -0.25) is 4.99 Å². The molecular formula is C10H21NO. The molecule has 0 bridgehead atoms. The standard InChI is InChI=1S/C10H21NO/c1-5-6-7-11-8-9-12-10(2,3)4/h7H,5-6,8-9H2,1-4H3. The van der Waals surface area contributed by atoms with Crippen molar-refractivity contribution < 1.29 is 4.74 Å². The number of nitrogens with zero attached hydrogens (tertiary/aromatic N) is 1. The summed E-state index contributed by atoms with van der Waals surface area (Å²) in [6.07, 6.45) is 4.23. The van der Waals surface area contributed by atoms with Crippen LogP contribution in [0.1, 0.15) is 40.5 Å². The fourth-order valence-electron chi connectivity index (χ4n) is 0.716. The summed E-state index contributed by atoms with van der Waals surface area (Å²) in [6, 6.07) is 0. The van der Waals surface area contributed by atoms with Gasteiger partial charge < -0.3 is 4.74 Å². The van der Waals surface area contributed by atoms with Crippen LogP contribution in [0.4, 0.5) is 0 Å². The van der Waals surface area contributed by atoms with E-state index in [1.165, 1.54) is 6.42 Å². The van der Waals surface area contributed by atoms with Crippen molar-refractivity contribution in [1.82, 2.24) is 0 Å². The fraction of sp³-hybridized carbons (Fsp3) is 0.900. The lowest BCUT2D eigenvalue weighted by Crippen LogP contribution is -2.20. The third kappa shape index (κ3) is 9.63. The van der Waals surface area contributed by atoms with Gasteiger partial charge in [0, 0.05) is 0 Å². The van der Waals surface area contributed by atoms with Gasteiger partial charge in [0.2, 0.25) is 0 Å². The maximum Gasteiger partial charge on any atom is 0.0668 e. The van der Waals surface area contributed by atoms with Crippen LogP contribution >= 0.6 is 0 Å². The molecule has 0 aliphatic carbocycles. The number of ether oxygens (including phenoxy) is 1. The Morgan fingerprint density at radius 3 is 2.50 bits per heavy atom. The molecule has 12 heavy (non-hydrogen) atoms. The van der Waals surface area contributed by atoms with Crippen molar-refractivity contribution in [2.24, 2.45) is 4.99 Å². The van der Waals surface area contributed by atoms with Crippen LogP contribution < -0.4 is 0 Å². The summed E-state index contributed by atoms with van der Waals surface area (Å²) in [4.78, 5) is 4.21. The molecule has 2 nitrogen and oxygen atoms in total. The van der Waals surface area contributed by atoms with Gasteiger partial charge in [0.15, 0.2) is 0 Å². The van der Waals surface area contributed by atoms with Gasteiger partial charge in [0.1, 0.15) is 0 Å². The SMILES string of the molecule is CCCC=NCCOC(C)(C)C. The molecule has 72 valence electrons. The Hall–Kier alpha value is -0.370. The van der Waals surface area contributed by atoms with E-state index in [0.717, 1.165) is 19.6 Å². The van der Waals surface area contributed by atoms with Gasteiger partial charge in [-0.25, -0.2) is 0 Å². The minimum atomic E-state index is -0.0275. The molecule has 0 spiro atoms. The molecule has 0 aromatic carbocycles. The molecule has 0 unspecified atom stereocenters. The summed E-state index contributed by atoms with van der Waals surface area (Å²) in [5.74, 6) is 0. The number of unbranched alkanes of at least 4 members (excludes halogenated alkanes) is 1. The van der Waals surface area contributed by atoms with E-state index in [-0.39, 0.29) is 5.60 Å². The monoisotopic (exact) mass is 171 g/mol. The van der Waals surface area contributed by atoms with E-state index in [4.69, 9.17) is 4.74 Å². The molecular weight excluding hydrogens is 150 g/mol. The summed E-state index contributed by atoms with van der Waals surface area (Å²) >= 11 is 0. The first-order valence-corrected chi connectivity index (χ1v) is 4.68. The van der Waals surface area contributed by atoms with E-state index in [2.05, 4.69) is 32.7 Å². The highest BCUT2D eigenvalue weighted by Gasteiger charge is 2.08. The van der Waals surface area contributed by atoms with Crippen LogP contribution in [-0.2, 0) is 4.74 Å².